The normalized spacial score (nSPS) is 10.9. The van der Waals surface area contributed by atoms with Gasteiger partial charge in [0.2, 0.25) is 0 Å². The number of aryl methyl sites for hydroxylation is 1. The van der Waals surface area contributed by atoms with Gasteiger partial charge in [0.15, 0.2) is 0 Å². The highest BCUT2D eigenvalue weighted by Crippen LogP contribution is 2.25. The summed E-state index contributed by atoms with van der Waals surface area (Å²) >= 11 is 0. The van der Waals surface area contributed by atoms with Crippen molar-refractivity contribution < 1.29 is 4.74 Å². The Hall–Kier alpha value is -2.33. The molecule has 4 nitrogen and oxygen atoms in total. The molecule has 0 radical (unpaired) electrons. The average molecular weight is 267 g/mol. The van der Waals surface area contributed by atoms with E-state index in [-0.39, 0.29) is 0 Å². The number of hydrogen-bond donors (Lipinski definition) is 1. The lowest BCUT2D eigenvalue weighted by Crippen LogP contribution is -1.95. The van der Waals surface area contributed by atoms with Crippen molar-refractivity contribution in [2.75, 3.05) is 7.11 Å². The van der Waals surface area contributed by atoms with Crippen LogP contribution in [0.25, 0.3) is 22.4 Å². The van der Waals surface area contributed by atoms with Crippen LogP contribution in [0.1, 0.15) is 5.56 Å². The van der Waals surface area contributed by atoms with Crippen molar-refractivity contribution in [3.63, 3.8) is 0 Å². The number of rotatable bonds is 3. The van der Waals surface area contributed by atoms with Gasteiger partial charge in [0.05, 0.1) is 18.1 Å². The number of nitrogens with zero attached hydrogens (tertiary/aromatic N) is 2. The van der Waals surface area contributed by atoms with E-state index in [9.17, 15) is 0 Å². The Morgan fingerprint density at radius 3 is 2.55 bits per heavy atom. The highest BCUT2D eigenvalue weighted by atomic mass is 16.5. The van der Waals surface area contributed by atoms with Crippen LogP contribution in [-0.2, 0) is 13.6 Å². The Bertz CT molecular complexity index is 744. The monoisotopic (exact) mass is 267 g/mol. The van der Waals surface area contributed by atoms with Crippen LogP contribution >= 0.6 is 0 Å². The van der Waals surface area contributed by atoms with Gasteiger partial charge < -0.3 is 15.0 Å². The number of aromatic nitrogens is 2. The average Bonchev–Trinajstić information content (AvgIpc) is 2.84. The van der Waals surface area contributed by atoms with E-state index in [0.29, 0.717) is 6.54 Å². The molecule has 0 saturated heterocycles. The number of imidazole rings is 1. The maximum absolute atomic E-state index is 5.68. The molecule has 0 atom stereocenters. The maximum atomic E-state index is 5.68. The van der Waals surface area contributed by atoms with Gasteiger partial charge >= 0.3 is 0 Å². The molecular formula is C16H17N3O. The van der Waals surface area contributed by atoms with Crippen LogP contribution in [0.3, 0.4) is 0 Å². The first-order chi connectivity index (χ1) is 9.72. The Morgan fingerprint density at radius 1 is 1.15 bits per heavy atom. The molecule has 0 bridgehead atoms. The molecule has 3 aromatic rings. The van der Waals surface area contributed by atoms with Crippen LogP contribution in [0.2, 0.25) is 0 Å². The van der Waals surface area contributed by atoms with Gasteiger partial charge in [-0.05, 0) is 42.0 Å². The fraction of sp³-hybridized carbons (Fsp3) is 0.188. The summed E-state index contributed by atoms with van der Waals surface area (Å²) in [7, 11) is 3.69. The first-order valence-electron chi connectivity index (χ1n) is 6.53. The Kier molecular flexibility index (Phi) is 3.16. The molecule has 4 heteroatoms. The molecule has 0 fully saturated rings. The second-order valence-corrected chi connectivity index (χ2v) is 4.75. The zero-order chi connectivity index (χ0) is 14.1. The van der Waals surface area contributed by atoms with Crippen LogP contribution in [0.5, 0.6) is 5.75 Å². The van der Waals surface area contributed by atoms with Crippen molar-refractivity contribution in [2.24, 2.45) is 12.8 Å². The van der Waals surface area contributed by atoms with E-state index in [1.807, 2.05) is 43.4 Å². The van der Waals surface area contributed by atoms with E-state index in [1.165, 1.54) is 0 Å². The van der Waals surface area contributed by atoms with Gasteiger partial charge in [0.25, 0.3) is 0 Å². The molecule has 0 spiro atoms. The molecule has 0 aliphatic carbocycles. The van der Waals surface area contributed by atoms with Crippen LogP contribution in [0.15, 0.2) is 42.5 Å². The minimum atomic E-state index is 0.532. The van der Waals surface area contributed by atoms with Crippen molar-refractivity contribution in [3.8, 4) is 17.1 Å². The second-order valence-electron chi connectivity index (χ2n) is 4.75. The van der Waals surface area contributed by atoms with E-state index >= 15 is 0 Å². The van der Waals surface area contributed by atoms with Crippen molar-refractivity contribution in [1.82, 2.24) is 9.55 Å². The SMILES string of the molecule is COc1ccc(-c2nc3cc(CN)ccc3n2C)cc1. The van der Waals surface area contributed by atoms with Gasteiger partial charge in [-0.3, -0.25) is 0 Å². The molecular weight excluding hydrogens is 250 g/mol. The zero-order valence-corrected chi connectivity index (χ0v) is 11.6. The van der Waals surface area contributed by atoms with Gasteiger partial charge in [0.1, 0.15) is 11.6 Å². The molecule has 0 aliphatic heterocycles. The molecule has 0 saturated carbocycles. The minimum absolute atomic E-state index is 0.532. The summed E-state index contributed by atoms with van der Waals surface area (Å²) in [5.41, 5.74) is 9.92. The van der Waals surface area contributed by atoms with Crippen molar-refractivity contribution in [2.45, 2.75) is 6.54 Å². The summed E-state index contributed by atoms with van der Waals surface area (Å²) in [6.07, 6.45) is 0. The number of hydrogen-bond acceptors (Lipinski definition) is 3. The van der Waals surface area contributed by atoms with Crippen LogP contribution in [0.4, 0.5) is 0 Å². The predicted octanol–water partition coefficient (Wildman–Crippen LogP) is 2.71. The molecule has 1 aromatic heterocycles. The third kappa shape index (κ3) is 2.04. The Balaban J connectivity index is 2.12. The van der Waals surface area contributed by atoms with E-state index in [0.717, 1.165) is 33.7 Å². The van der Waals surface area contributed by atoms with Crippen LogP contribution in [-0.4, -0.2) is 16.7 Å². The van der Waals surface area contributed by atoms with Crippen LogP contribution < -0.4 is 10.5 Å². The summed E-state index contributed by atoms with van der Waals surface area (Å²) in [5, 5.41) is 0. The van der Waals surface area contributed by atoms with Gasteiger partial charge in [0, 0.05) is 19.2 Å². The Labute approximate surface area is 117 Å². The molecule has 0 amide bonds. The quantitative estimate of drug-likeness (QED) is 0.793. The fourth-order valence-electron chi connectivity index (χ4n) is 2.37. The molecule has 102 valence electrons. The smallest absolute Gasteiger partial charge is 0.140 e. The summed E-state index contributed by atoms with van der Waals surface area (Å²) in [6, 6.07) is 14.1. The predicted molar refractivity (Wildman–Crippen MR) is 80.6 cm³/mol. The van der Waals surface area contributed by atoms with E-state index in [1.54, 1.807) is 7.11 Å². The lowest BCUT2D eigenvalue weighted by molar-refractivity contribution is 0.415. The number of ether oxygens (including phenoxy) is 1. The number of fused-ring (bicyclic) bond motifs is 1. The van der Waals surface area contributed by atoms with Crippen LogP contribution in [0, 0.1) is 0 Å². The number of nitrogens with two attached hydrogens (primary N) is 1. The lowest BCUT2D eigenvalue weighted by atomic mass is 10.2. The van der Waals surface area contributed by atoms with Gasteiger partial charge in [-0.15, -0.1) is 0 Å². The van der Waals surface area contributed by atoms with E-state index in [2.05, 4.69) is 10.6 Å². The summed E-state index contributed by atoms with van der Waals surface area (Å²) in [4.78, 5) is 4.71. The molecule has 2 N–H and O–H groups in total. The standard InChI is InChI=1S/C16H17N3O/c1-19-15-8-3-11(10-17)9-14(15)18-16(19)12-4-6-13(20-2)7-5-12/h3-9H,10,17H2,1-2H3. The summed E-state index contributed by atoms with van der Waals surface area (Å²) in [6.45, 7) is 0.532. The van der Waals surface area contributed by atoms with E-state index in [4.69, 9.17) is 15.5 Å². The zero-order valence-electron chi connectivity index (χ0n) is 11.6. The summed E-state index contributed by atoms with van der Waals surface area (Å²) in [5.74, 6) is 1.79. The van der Waals surface area contributed by atoms with Gasteiger partial charge in [-0.25, -0.2) is 4.98 Å². The first kappa shape index (κ1) is 12.7. The Morgan fingerprint density at radius 2 is 1.90 bits per heavy atom. The van der Waals surface area contributed by atoms with E-state index < -0.39 is 0 Å². The lowest BCUT2D eigenvalue weighted by Gasteiger charge is -2.04. The molecule has 0 unspecified atom stereocenters. The maximum Gasteiger partial charge on any atom is 0.140 e. The molecule has 2 aromatic carbocycles. The largest absolute Gasteiger partial charge is 0.497 e. The fourth-order valence-corrected chi connectivity index (χ4v) is 2.37. The minimum Gasteiger partial charge on any atom is -0.497 e. The molecule has 0 aliphatic rings. The van der Waals surface area contributed by atoms with Gasteiger partial charge in [-0.1, -0.05) is 6.07 Å². The second kappa shape index (κ2) is 4.98. The number of methoxy groups -OCH3 is 1. The van der Waals surface area contributed by atoms with Gasteiger partial charge in [-0.2, -0.15) is 0 Å². The topological polar surface area (TPSA) is 53.1 Å². The van der Waals surface area contributed by atoms with Crippen molar-refractivity contribution >= 4 is 11.0 Å². The third-order valence-corrected chi connectivity index (χ3v) is 3.53. The molecule has 20 heavy (non-hydrogen) atoms. The van der Waals surface area contributed by atoms with Crippen molar-refractivity contribution in [1.29, 1.82) is 0 Å². The highest BCUT2D eigenvalue weighted by molar-refractivity contribution is 5.81. The first-order valence-corrected chi connectivity index (χ1v) is 6.53. The number of benzene rings is 2. The third-order valence-electron chi connectivity index (χ3n) is 3.53. The molecule has 1 heterocycles. The summed E-state index contributed by atoms with van der Waals surface area (Å²) < 4.78 is 7.28. The highest BCUT2D eigenvalue weighted by Gasteiger charge is 2.10. The van der Waals surface area contributed by atoms with Crippen molar-refractivity contribution in [3.05, 3.63) is 48.0 Å². The molecule has 3 rings (SSSR count).